The van der Waals surface area contributed by atoms with Gasteiger partial charge in [-0.3, -0.25) is 10.1 Å². The second-order valence-corrected chi connectivity index (χ2v) is 7.33. The average molecular weight is 351 g/mol. The summed E-state index contributed by atoms with van der Waals surface area (Å²) in [6.07, 6.45) is 0. The van der Waals surface area contributed by atoms with Gasteiger partial charge < -0.3 is 5.32 Å². The number of hydrogen-bond donors (Lipinski definition) is 1. The molecule has 0 radical (unpaired) electrons. The molecule has 1 rings (SSSR count). The van der Waals surface area contributed by atoms with E-state index >= 15 is 0 Å². The van der Waals surface area contributed by atoms with E-state index < -0.39 is 14.8 Å². The van der Waals surface area contributed by atoms with Crippen LogP contribution in [0.1, 0.15) is 12.5 Å². The molecule has 0 spiro atoms. The third kappa shape index (κ3) is 5.25. The molecule has 0 aliphatic carbocycles. The quantitative estimate of drug-likeness (QED) is 0.460. The molecule has 0 saturated heterocycles. The van der Waals surface area contributed by atoms with Crippen LogP contribution in [0.2, 0.25) is 0 Å². The molecule has 0 heterocycles. The van der Waals surface area contributed by atoms with Crippen LogP contribution >= 0.6 is 15.9 Å². The van der Waals surface area contributed by atoms with Crippen molar-refractivity contribution in [3.05, 3.63) is 38.3 Å². The van der Waals surface area contributed by atoms with Gasteiger partial charge in [-0.05, 0) is 12.1 Å². The Kier molecular flexibility index (Phi) is 5.89. The molecule has 0 aliphatic rings. The van der Waals surface area contributed by atoms with E-state index in [2.05, 4.69) is 21.2 Å². The molecule has 0 bridgehead atoms. The van der Waals surface area contributed by atoms with E-state index in [-0.39, 0.29) is 30.3 Å². The van der Waals surface area contributed by atoms with Crippen molar-refractivity contribution in [3.8, 4) is 0 Å². The van der Waals surface area contributed by atoms with Gasteiger partial charge >= 0.3 is 0 Å². The van der Waals surface area contributed by atoms with Crippen molar-refractivity contribution in [1.82, 2.24) is 5.32 Å². The van der Waals surface area contributed by atoms with Gasteiger partial charge in [-0.2, -0.15) is 0 Å². The molecular formula is C11H15BrN2O4S. The zero-order chi connectivity index (χ0) is 14.5. The van der Waals surface area contributed by atoms with E-state index in [4.69, 9.17) is 0 Å². The molecular weight excluding hydrogens is 336 g/mol. The number of nitrogens with one attached hydrogen (secondary N) is 1. The molecule has 0 saturated carbocycles. The number of nitro benzene ring substituents is 1. The topological polar surface area (TPSA) is 89.3 Å². The Bertz CT molecular complexity index is 560. The standard InChI is InChI=1S/C11H15BrN2O4S/c1-2-19(17,18)6-5-13-8-9-7-10(12)3-4-11(9)14(15)16/h3-4,7,13H,2,5-6,8H2,1H3. The maximum Gasteiger partial charge on any atom is 0.273 e. The van der Waals surface area contributed by atoms with E-state index in [1.807, 2.05) is 0 Å². The lowest BCUT2D eigenvalue weighted by atomic mass is 10.2. The van der Waals surface area contributed by atoms with Crippen LogP contribution in [0.5, 0.6) is 0 Å². The minimum atomic E-state index is -3.01. The van der Waals surface area contributed by atoms with Gasteiger partial charge in [0.05, 0.1) is 10.7 Å². The van der Waals surface area contributed by atoms with E-state index in [0.717, 1.165) is 4.47 Å². The Balaban J connectivity index is 2.63. The van der Waals surface area contributed by atoms with Crippen LogP contribution < -0.4 is 5.32 Å². The zero-order valence-corrected chi connectivity index (χ0v) is 12.8. The second-order valence-electron chi connectivity index (χ2n) is 3.94. The lowest BCUT2D eigenvalue weighted by molar-refractivity contribution is -0.385. The van der Waals surface area contributed by atoms with Crippen molar-refractivity contribution >= 4 is 31.5 Å². The maximum atomic E-state index is 11.3. The molecule has 1 N–H and O–H groups in total. The highest BCUT2D eigenvalue weighted by atomic mass is 79.9. The van der Waals surface area contributed by atoms with Gasteiger partial charge in [-0.25, -0.2) is 8.42 Å². The highest BCUT2D eigenvalue weighted by Gasteiger charge is 2.13. The number of hydrogen-bond acceptors (Lipinski definition) is 5. The molecule has 0 fully saturated rings. The summed E-state index contributed by atoms with van der Waals surface area (Å²) in [5.41, 5.74) is 0.544. The van der Waals surface area contributed by atoms with E-state index in [1.54, 1.807) is 19.1 Å². The smallest absolute Gasteiger partial charge is 0.273 e. The van der Waals surface area contributed by atoms with Gasteiger partial charge in [0.15, 0.2) is 9.84 Å². The Labute approximate surface area is 120 Å². The van der Waals surface area contributed by atoms with Crippen LogP contribution in [0.3, 0.4) is 0 Å². The predicted molar refractivity (Wildman–Crippen MR) is 76.8 cm³/mol. The molecule has 6 nitrogen and oxygen atoms in total. The Hall–Kier alpha value is -0.990. The van der Waals surface area contributed by atoms with Crippen molar-refractivity contribution in [2.24, 2.45) is 0 Å². The first-order valence-electron chi connectivity index (χ1n) is 5.69. The maximum absolute atomic E-state index is 11.3. The molecule has 19 heavy (non-hydrogen) atoms. The van der Waals surface area contributed by atoms with Gasteiger partial charge in [0.1, 0.15) is 0 Å². The fourth-order valence-electron chi connectivity index (χ4n) is 1.47. The van der Waals surface area contributed by atoms with Crippen molar-refractivity contribution in [3.63, 3.8) is 0 Å². The summed E-state index contributed by atoms with van der Waals surface area (Å²) >= 11 is 3.25. The van der Waals surface area contributed by atoms with Crippen molar-refractivity contribution in [2.75, 3.05) is 18.1 Å². The molecule has 0 unspecified atom stereocenters. The van der Waals surface area contributed by atoms with Crippen LogP contribution in [0.25, 0.3) is 0 Å². The monoisotopic (exact) mass is 350 g/mol. The van der Waals surface area contributed by atoms with Crippen LogP contribution in [0, 0.1) is 10.1 Å². The molecule has 1 aromatic rings. The molecule has 0 aliphatic heterocycles. The van der Waals surface area contributed by atoms with Crippen molar-refractivity contribution < 1.29 is 13.3 Å². The van der Waals surface area contributed by atoms with Crippen molar-refractivity contribution in [1.29, 1.82) is 0 Å². The first-order chi connectivity index (χ1) is 8.85. The summed E-state index contributed by atoms with van der Waals surface area (Å²) in [4.78, 5) is 10.4. The molecule has 8 heteroatoms. The molecule has 0 amide bonds. The van der Waals surface area contributed by atoms with Crippen LogP contribution in [-0.2, 0) is 16.4 Å². The molecule has 0 atom stereocenters. The summed E-state index contributed by atoms with van der Waals surface area (Å²) in [5.74, 6) is 0.136. The molecule has 0 aromatic heterocycles. The van der Waals surface area contributed by atoms with Gasteiger partial charge in [0, 0.05) is 34.9 Å². The lowest BCUT2D eigenvalue weighted by Gasteiger charge is -2.06. The molecule has 106 valence electrons. The van der Waals surface area contributed by atoms with Gasteiger partial charge in [-0.15, -0.1) is 0 Å². The summed E-state index contributed by atoms with van der Waals surface area (Å²) < 4.78 is 23.3. The predicted octanol–water partition coefficient (Wildman–Crippen LogP) is 1.88. The number of benzene rings is 1. The van der Waals surface area contributed by atoms with Gasteiger partial charge in [0.2, 0.25) is 0 Å². The van der Waals surface area contributed by atoms with Crippen LogP contribution in [0.15, 0.2) is 22.7 Å². The van der Waals surface area contributed by atoms with E-state index in [9.17, 15) is 18.5 Å². The lowest BCUT2D eigenvalue weighted by Crippen LogP contribution is -2.23. The fourth-order valence-corrected chi connectivity index (χ4v) is 2.62. The summed E-state index contributed by atoms with van der Waals surface area (Å²) in [6, 6.07) is 4.67. The minimum absolute atomic E-state index is 0.0223. The third-order valence-corrected chi connectivity index (χ3v) is 4.78. The minimum Gasteiger partial charge on any atom is -0.311 e. The number of halogens is 1. The largest absolute Gasteiger partial charge is 0.311 e. The van der Waals surface area contributed by atoms with Gasteiger partial charge in [0.25, 0.3) is 5.69 Å². The number of rotatable bonds is 7. The highest BCUT2D eigenvalue weighted by Crippen LogP contribution is 2.22. The Morgan fingerprint density at radius 3 is 2.68 bits per heavy atom. The summed E-state index contributed by atoms with van der Waals surface area (Å²) in [7, 11) is -3.01. The first-order valence-corrected chi connectivity index (χ1v) is 8.31. The SMILES string of the molecule is CCS(=O)(=O)CCNCc1cc(Br)ccc1[N+](=O)[O-]. The van der Waals surface area contributed by atoms with E-state index in [0.29, 0.717) is 5.56 Å². The summed E-state index contributed by atoms with van der Waals surface area (Å²) in [5, 5.41) is 13.7. The van der Waals surface area contributed by atoms with Crippen molar-refractivity contribution in [2.45, 2.75) is 13.5 Å². The third-order valence-electron chi connectivity index (χ3n) is 2.58. The zero-order valence-electron chi connectivity index (χ0n) is 10.4. The summed E-state index contributed by atoms with van der Waals surface area (Å²) in [6.45, 7) is 2.13. The first kappa shape index (κ1) is 16.1. The second kappa shape index (κ2) is 6.97. The number of sulfone groups is 1. The molecule has 1 aromatic carbocycles. The number of nitro groups is 1. The number of nitrogens with zero attached hydrogens (tertiary/aromatic N) is 1. The Morgan fingerprint density at radius 1 is 1.42 bits per heavy atom. The highest BCUT2D eigenvalue weighted by molar-refractivity contribution is 9.10. The Morgan fingerprint density at radius 2 is 2.11 bits per heavy atom. The van der Waals surface area contributed by atoms with Crippen LogP contribution in [-0.4, -0.2) is 31.4 Å². The average Bonchev–Trinajstić information content (AvgIpc) is 2.34. The fraction of sp³-hybridized carbons (Fsp3) is 0.455. The van der Waals surface area contributed by atoms with Crippen LogP contribution in [0.4, 0.5) is 5.69 Å². The van der Waals surface area contributed by atoms with Gasteiger partial charge in [-0.1, -0.05) is 22.9 Å². The normalized spacial score (nSPS) is 11.5. The van der Waals surface area contributed by atoms with E-state index in [1.165, 1.54) is 6.07 Å².